The number of hydrogen-bond donors (Lipinski definition) is 0. The summed E-state index contributed by atoms with van der Waals surface area (Å²) in [5, 5.41) is 3.93. The molecule has 0 unspecified atom stereocenters. The van der Waals surface area contributed by atoms with Gasteiger partial charge in [-0.3, -0.25) is 9.78 Å². The van der Waals surface area contributed by atoms with Gasteiger partial charge in [-0.15, -0.1) is 0 Å². The van der Waals surface area contributed by atoms with E-state index in [1.807, 2.05) is 43.3 Å². The number of likely N-dealkylation sites (N-methyl/N-ethyl adjacent to an activating group) is 1. The molecule has 0 aliphatic carbocycles. The zero-order valence-corrected chi connectivity index (χ0v) is 15.5. The maximum absolute atomic E-state index is 12.3. The highest BCUT2D eigenvalue weighted by Crippen LogP contribution is 2.15. The van der Waals surface area contributed by atoms with Gasteiger partial charge in [0.2, 0.25) is 17.6 Å². The number of rotatable bonds is 8. The Hall–Kier alpha value is -3.22. The lowest BCUT2D eigenvalue weighted by atomic mass is 10.2. The van der Waals surface area contributed by atoms with Crippen LogP contribution < -0.4 is 4.74 Å². The molecule has 140 valence electrons. The molecule has 0 aliphatic heterocycles. The van der Waals surface area contributed by atoms with Crippen molar-refractivity contribution in [3.05, 3.63) is 60.2 Å². The van der Waals surface area contributed by atoms with E-state index in [0.29, 0.717) is 37.7 Å². The van der Waals surface area contributed by atoms with Crippen LogP contribution in [0, 0.1) is 6.92 Å². The molecule has 7 heteroatoms. The Morgan fingerprint density at radius 1 is 1.22 bits per heavy atom. The van der Waals surface area contributed by atoms with Crippen LogP contribution in [0.1, 0.15) is 17.9 Å². The van der Waals surface area contributed by atoms with Crippen molar-refractivity contribution in [2.45, 2.75) is 19.8 Å². The molecule has 27 heavy (non-hydrogen) atoms. The minimum atomic E-state index is 0.00336. The van der Waals surface area contributed by atoms with E-state index in [1.54, 1.807) is 24.3 Å². The highest BCUT2D eigenvalue weighted by molar-refractivity contribution is 5.76. The van der Waals surface area contributed by atoms with Gasteiger partial charge in [0.25, 0.3) is 0 Å². The normalized spacial score (nSPS) is 10.6. The zero-order chi connectivity index (χ0) is 19.1. The summed E-state index contributed by atoms with van der Waals surface area (Å²) in [6, 6.07) is 11.5. The molecule has 0 aliphatic rings. The maximum Gasteiger partial charge on any atom is 0.227 e. The number of carbonyl (C=O) groups excluding carboxylic acids is 1. The number of nitrogens with zero attached hydrogens (tertiary/aromatic N) is 4. The Labute approximate surface area is 158 Å². The average molecular weight is 366 g/mol. The summed E-state index contributed by atoms with van der Waals surface area (Å²) >= 11 is 0. The number of carbonyl (C=O) groups is 1. The standard InChI is InChI=1S/C20H22N4O3/c1-15-5-7-17(8-6-15)26-13-12-24(2)19(25)10-9-18-22-20(23-27-18)16-4-3-11-21-14-16/h3-8,11,14H,9-10,12-13H2,1-2H3. The Morgan fingerprint density at radius 2 is 2.04 bits per heavy atom. The van der Waals surface area contributed by atoms with Crippen molar-refractivity contribution in [2.75, 3.05) is 20.2 Å². The van der Waals surface area contributed by atoms with Crippen molar-refractivity contribution in [1.29, 1.82) is 0 Å². The van der Waals surface area contributed by atoms with Gasteiger partial charge in [0.15, 0.2) is 0 Å². The summed E-state index contributed by atoms with van der Waals surface area (Å²) in [5.74, 6) is 1.72. The highest BCUT2D eigenvalue weighted by Gasteiger charge is 2.13. The molecular weight excluding hydrogens is 344 g/mol. The molecule has 0 saturated carbocycles. The molecule has 0 spiro atoms. The lowest BCUT2D eigenvalue weighted by molar-refractivity contribution is -0.130. The van der Waals surface area contributed by atoms with Crippen molar-refractivity contribution in [2.24, 2.45) is 0 Å². The van der Waals surface area contributed by atoms with Crippen molar-refractivity contribution < 1.29 is 14.1 Å². The lowest BCUT2D eigenvalue weighted by Crippen LogP contribution is -2.31. The molecule has 0 bridgehead atoms. The molecule has 2 heterocycles. The first-order valence-corrected chi connectivity index (χ1v) is 8.78. The number of hydrogen-bond acceptors (Lipinski definition) is 6. The predicted octanol–water partition coefficient (Wildman–Crippen LogP) is 2.91. The Kier molecular flexibility index (Phi) is 6.14. The molecular formula is C20H22N4O3. The van der Waals surface area contributed by atoms with Gasteiger partial charge in [-0.2, -0.15) is 4.98 Å². The molecule has 0 atom stereocenters. The first kappa shape index (κ1) is 18.6. The molecule has 3 aromatic rings. The fraction of sp³-hybridized carbons (Fsp3) is 0.300. The fourth-order valence-electron chi connectivity index (χ4n) is 2.43. The molecule has 7 nitrogen and oxygen atoms in total. The van der Waals surface area contributed by atoms with Crippen LogP contribution in [0.4, 0.5) is 0 Å². The zero-order valence-electron chi connectivity index (χ0n) is 15.5. The van der Waals surface area contributed by atoms with Gasteiger partial charge in [0.05, 0.1) is 6.54 Å². The molecule has 2 aromatic heterocycles. The number of amides is 1. The summed E-state index contributed by atoms with van der Waals surface area (Å²) in [4.78, 5) is 22.2. The van der Waals surface area contributed by atoms with Crippen LogP contribution >= 0.6 is 0 Å². The molecule has 0 fully saturated rings. The molecule has 0 saturated heterocycles. The summed E-state index contributed by atoms with van der Waals surface area (Å²) in [6.07, 6.45) is 4.05. The Balaban J connectivity index is 1.42. The second-order valence-electron chi connectivity index (χ2n) is 6.23. The molecule has 1 aromatic carbocycles. The molecule has 1 amide bonds. The van der Waals surface area contributed by atoms with E-state index in [2.05, 4.69) is 15.1 Å². The second-order valence-corrected chi connectivity index (χ2v) is 6.23. The second kappa shape index (κ2) is 8.93. The van der Waals surface area contributed by atoms with Crippen LogP contribution in [-0.4, -0.2) is 46.1 Å². The van der Waals surface area contributed by atoms with Crippen LogP contribution in [0.15, 0.2) is 53.3 Å². The third kappa shape index (κ3) is 5.37. The minimum Gasteiger partial charge on any atom is -0.492 e. The van der Waals surface area contributed by atoms with Crippen molar-refractivity contribution >= 4 is 5.91 Å². The van der Waals surface area contributed by atoms with E-state index < -0.39 is 0 Å². The van der Waals surface area contributed by atoms with Crippen LogP contribution in [0.2, 0.25) is 0 Å². The van der Waals surface area contributed by atoms with Crippen LogP contribution in [-0.2, 0) is 11.2 Å². The van der Waals surface area contributed by atoms with Gasteiger partial charge >= 0.3 is 0 Å². The van der Waals surface area contributed by atoms with Crippen molar-refractivity contribution in [3.8, 4) is 17.1 Å². The van der Waals surface area contributed by atoms with Crippen molar-refractivity contribution in [3.63, 3.8) is 0 Å². The third-order valence-electron chi connectivity index (χ3n) is 4.08. The predicted molar refractivity (Wildman–Crippen MR) is 100 cm³/mol. The van der Waals surface area contributed by atoms with E-state index in [1.165, 1.54) is 5.56 Å². The van der Waals surface area contributed by atoms with E-state index in [4.69, 9.17) is 9.26 Å². The van der Waals surface area contributed by atoms with E-state index >= 15 is 0 Å². The first-order chi connectivity index (χ1) is 13.1. The van der Waals surface area contributed by atoms with Gasteiger partial charge in [0.1, 0.15) is 12.4 Å². The average Bonchev–Trinajstić information content (AvgIpc) is 3.17. The summed E-state index contributed by atoms with van der Waals surface area (Å²) in [6.45, 7) is 2.98. The number of aryl methyl sites for hydroxylation is 2. The summed E-state index contributed by atoms with van der Waals surface area (Å²) < 4.78 is 10.9. The quantitative estimate of drug-likeness (QED) is 0.610. The number of ether oxygens (including phenoxy) is 1. The Bertz CT molecular complexity index is 862. The van der Waals surface area contributed by atoms with Crippen LogP contribution in [0.25, 0.3) is 11.4 Å². The number of benzene rings is 1. The largest absolute Gasteiger partial charge is 0.492 e. The van der Waals surface area contributed by atoms with E-state index in [0.717, 1.165) is 11.3 Å². The first-order valence-electron chi connectivity index (χ1n) is 8.78. The van der Waals surface area contributed by atoms with Crippen LogP contribution in [0.3, 0.4) is 0 Å². The van der Waals surface area contributed by atoms with Crippen molar-refractivity contribution in [1.82, 2.24) is 20.0 Å². The van der Waals surface area contributed by atoms with Gasteiger partial charge in [-0.25, -0.2) is 0 Å². The SMILES string of the molecule is Cc1ccc(OCCN(C)C(=O)CCc2nc(-c3cccnc3)no2)cc1. The van der Waals surface area contributed by atoms with E-state index in [-0.39, 0.29) is 5.91 Å². The Morgan fingerprint density at radius 3 is 2.78 bits per heavy atom. The van der Waals surface area contributed by atoms with Gasteiger partial charge in [-0.05, 0) is 31.2 Å². The topological polar surface area (TPSA) is 81.4 Å². The van der Waals surface area contributed by atoms with E-state index in [9.17, 15) is 4.79 Å². The summed E-state index contributed by atoms with van der Waals surface area (Å²) in [7, 11) is 1.76. The highest BCUT2D eigenvalue weighted by atomic mass is 16.5. The van der Waals surface area contributed by atoms with Gasteiger partial charge in [-0.1, -0.05) is 22.9 Å². The lowest BCUT2D eigenvalue weighted by Gasteiger charge is -2.17. The smallest absolute Gasteiger partial charge is 0.227 e. The summed E-state index contributed by atoms with van der Waals surface area (Å²) in [5.41, 5.74) is 1.96. The number of aromatic nitrogens is 3. The monoisotopic (exact) mass is 366 g/mol. The van der Waals surface area contributed by atoms with Crippen LogP contribution in [0.5, 0.6) is 5.75 Å². The maximum atomic E-state index is 12.3. The number of pyridine rings is 1. The molecule has 3 rings (SSSR count). The molecule has 0 radical (unpaired) electrons. The van der Waals surface area contributed by atoms with Gasteiger partial charge in [0, 0.05) is 37.8 Å². The third-order valence-corrected chi connectivity index (χ3v) is 4.08. The van der Waals surface area contributed by atoms with Gasteiger partial charge < -0.3 is 14.2 Å². The minimum absolute atomic E-state index is 0.00336. The molecule has 0 N–H and O–H groups in total. The fourth-order valence-corrected chi connectivity index (χ4v) is 2.43.